The summed E-state index contributed by atoms with van der Waals surface area (Å²) in [5.41, 5.74) is 9.11. The van der Waals surface area contributed by atoms with Crippen molar-refractivity contribution < 1.29 is 23.1 Å². The third-order valence-electron chi connectivity index (χ3n) is 4.60. The first-order valence-electron chi connectivity index (χ1n) is 9.68. The minimum atomic E-state index is -0.721. The van der Waals surface area contributed by atoms with Crippen LogP contribution in [0.15, 0.2) is 76.4 Å². The Bertz CT molecular complexity index is 1420. The number of hydrogen-bond acceptors (Lipinski definition) is 7. The van der Waals surface area contributed by atoms with Gasteiger partial charge in [0.15, 0.2) is 11.3 Å². The van der Waals surface area contributed by atoms with Crippen molar-refractivity contribution in [3.05, 3.63) is 89.4 Å². The fourth-order valence-electron chi connectivity index (χ4n) is 3.02. The molecule has 0 saturated heterocycles. The van der Waals surface area contributed by atoms with Crippen LogP contribution in [0.3, 0.4) is 0 Å². The smallest absolute Gasteiger partial charge is 0.257 e. The first-order valence-corrected chi connectivity index (χ1v) is 9.68. The molecule has 0 unspecified atom stereocenters. The second-order valence-electron chi connectivity index (χ2n) is 6.83. The zero-order chi connectivity index (χ0) is 23.4. The number of nitrogens with zero attached hydrogens (tertiary/aromatic N) is 2. The van der Waals surface area contributed by atoms with Gasteiger partial charge in [-0.25, -0.2) is 9.37 Å². The number of halogens is 1. The van der Waals surface area contributed by atoms with E-state index in [9.17, 15) is 14.0 Å². The van der Waals surface area contributed by atoms with Gasteiger partial charge in [0.05, 0.1) is 12.7 Å². The summed E-state index contributed by atoms with van der Waals surface area (Å²) in [6.07, 6.45) is 1.32. The third kappa shape index (κ3) is 4.79. The predicted octanol–water partition coefficient (Wildman–Crippen LogP) is 3.25. The molecule has 2 heterocycles. The molecule has 2 aromatic heterocycles. The van der Waals surface area contributed by atoms with Crippen LogP contribution in [0.25, 0.3) is 11.0 Å². The number of methoxy groups -OCH3 is 1. The molecule has 0 fully saturated rings. The van der Waals surface area contributed by atoms with Gasteiger partial charge in [-0.2, -0.15) is 0 Å². The Balaban J connectivity index is 1.58. The number of carbonyl (C=O) groups excluding carboxylic acids is 2. The molecule has 9 nitrogen and oxygen atoms in total. The molecule has 0 aliphatic carbocycles. The molecule has 0 aliphatic heterocycles. The second kappa shape index (κ2) is 9.18. The average molecular weight is 447 g/mol. The van der Waals surface area contributed by atoms with Gasteiger partial charge in [-0.05, 0) is 42.5 Å². The molecule has 4 N–H and O–H groups in total. The number of nitrogens with one attached hydrogen (secondary N) is 2. The number of fused-ring (bicyclic) bond motifs is 1. The maximum atomic E-state index is 13.3. The van der Waals surface area contributed by atoms with E-state index in [2.05, 4.69) is 20.8 Å². The van der Waals surface area contributed by atoms with Crippen LogP contribution in [-0.4, -0.2) is 23.9 Å². The number of nitrogens with two attached hydrogens (primary N) is 1. The van der Waals surface area contributed by atoms with E-state index in [4.69, 9.17) is 14.9 Å². The number of hydrogen-bond donors (Lipinski definition) is 3. The van der Waals surface area contributed by atoms with Crippen LogP contribution in [0.1, 0.15) is 20.7 Å². The molecule has 166 valence electrons. The van der Waals surface area contributed by atoms with Gasteiger partial charge in [-0.15, -0.1) is 5.10 Å². The molecule has 33 heavy (non-hydrogen) atoms. The highest BCUT2D eigenvalue weighted by molar-refractivity contribution is 6.04. The van der Waals surface area contributed by atoms with E-state index in [-0.39, 0.29) is 22.5 Å². The van der Waals surface area contributed by atoms with E-state index < -0.39 is 17.6 Å². The topological polar surface area (TPSA) is 132 Å². The third-order valence-corrected chi connectivity index (χ3v) is 4.60. The van der Waals surface area contributed by atoms with E-state index in [0.29, 0.717) is 22.4 Å². The van der Waals surface area contributed by atoms with Crippen molar-refractivity contribution in [2.75, 3.05) is 17.9 Å². The van der Waals surface area contributed by atoms with Crippen molar-refractivity contribution in [2.45, 2.75) is 0 Å². The zero-order valence-electron chi connectivity index (χ0n) is 17.3. The molecule has 2 amide bonds. The molecule has 0 spiro atoms. The van der Waals surface area contributed by atoms with Crippen molar-refractivity contribution in [1.82, 2.24) is 4.98 Å². The lowest BCUT2D eigenvalue weighted by molar-refractivity contribution is 0.0994. The van der Waals surface area contributed by atoms with Gasteiger partial charge < -0.3 is 20.2 Å². The molecular weight excluding hydrogens is 429 g/mol. The van der Waals surface area contributed by atoms with Crippen LogP contribution in [0.5, 0.6) is 5.75 Å². The predicted molar refractivity (Wildman–Crippen MR) is 119 cm³/mol. The summed E-state index contributed by atoms with van der Waals surface area (Å²) in [5.74, 6) is -0.889. The Hall–Kier alpha value is -4.73. The lowest BCUT2D eigenvalue weighted by Gasteiger charge is -2.07. The fourth-order valence-corrected chi connectivity index (χ4v) is 3.02. The number of anilines is 2. The van der Waals surface area contributed by atoms with Crippen LogP contribution < -0.4 is 26.8 Å². The van der Waals surface area contributed by atoms with Crippen LogP contribution in [0.2, 0.25) is 0 Å². The lowest BCUT2D eigenvalue weighted by atomic mass is 10.1. The molecule has 10 heteroatoms. The minimum absolute atomic E-state index is 0.0609. The van der Waals surface area contributed by atoms with Crippen LogP contribution in [0, 0.1) is 5.82 Å². The van der Waals surface area contributed by atoms with Gasteiger partial charge in [-0.1, -0.05) is 18.2 Å². The largest absolute Gasteiger partial charge is 0.493 e. The molecule has 4 rings (SSSR count). The first-order chi connectivity index (χ1) is 15.9. The number of primary amides is 1. The summed E-state index contributed by atoms with van der Waals surface area (Å²) in [6, 6.07) is 15.3. The van der Waals surface area contributed by atoms with Crippen LogP contribution >= 0.6 is 0 Å². The maximum absolute atomic E-state index is 13.3. The summed E-state index contributed by atoms with van der Waals surface area (Å²) in [4.78, 5) is 28.3. The number of amides is 2. The first kappa shape index (κ1) is 21.5. The second-order valence-corrected chi connectivity index (χ2v) is 6.83. The normalized spacial score (nSPS) is 11.3. The van der Waals surface area contributed by atoms with Crippen molar-refractivity contribution in [2.24, 2.45) is 10.8 Å². The van der Waals surface area contributed by atoms with Crippen molar-refractivity contribution in [3.63, 3.8) is 0 Å². The Morgan fingerprint density at radius 1 is 1.12 bits per heavy atom. The molecule has 0 aliphatic rings. The Morgan fingerprint density at radius 3 is 2.64 bits per heavy atom. The summed E-state index contributed by atoms with van der Waals surface area (Å²) in [6.45, 7) is 0. The summed E-state index contributed by atoms with van der Waals surface area (Å²) in [7, 11) is 1.50. The summed E-state index contributed by atoms with van der Waals surface area (Å²) >= 11 is 0. The monoisotopic (exact) mass is 447 g/mol. The van der Waals surface area contributed by atoms with Gasteiger partial charge in [0.25, 0.3) is 11.8 Å². The number of rotatable bonds is 6. The number of pyridine rings is 1. The Morgan fingerprint density at radius 2 is 1.94 bits per heavy atom. The van der Waals surface area contributed by atoms with Crippen molar-refractivity contribution in [1.29, 1.82) is 0 Å². The number of aromatic nitrogens is 1. The highest BCUT2D eigenvalue weighted by Gasteiger charge is 2.12. The van der Waals surface area contributed by atoms with Gasteiger partial charge in [0.1, 0.15) is 17.2 Å². The highest BCUT2D eigenvalue weighted by Crippen LogP contribution is 2.24. The highest BCUT2D eigenvalue weighted by atomic mass is 19.1. The van der Waals surface area contributed by atoms with Crippen molar-refractivity contribution >= 4 is 34.3 Å². The van der Waals surface area contributed by atoms with E-state index in [1.54, 1.807) is 30.3 Å². The minimum Gasteiger partial charge on any atom is -0.493 e. The molecular formula is C23H18FN5O4. The van der Waals surface area contributed by atoms with E-state index >= 15 is 0 Å². The lowest BCUT2D eigenvalue weighted by Crippen LogP contribution is -2.23. The average Bonchev–Trinajstić information content (AvgIpc) is 2.82. The Kier molecular flexibility index (Phi) is 5.98. The SMILES string of the molecule is COc1cccc2cc(C(N)=O)c(=NNc3ccc(C(=O)Nc4cccc(F)c4)cn3)oc12. The number of carbonyl (C=O) groups is 2. The molecule has 4 aromatic rings. The Labute approximate surface area is 186 Å². The summed E-state index contributed by atoms with van der Waals surface area (Å²) < 4.78 is 24.3. The van der Waals surface area contributed by atoms with Gasteiger partial charge in [0.2, 0.25) is 5.55 Å². The van der Waals surface area contributed by atoms with Crippen LogP contribution in [-0.2, 0) is 0 Å². The molecule has 2 aromatic carbocycles. The molecule has 0 bridgehead atoms. The molecule has 0 radical (unpaired) electrons. The summed E-state index contributed by atoms with van der Waals surface area (Å²) in [5, 5.41) is 7.30. The van der Waals surface area contributed by atoms with E-state index in [1.807, 2.05) is 0 Å². The van der Waals surface area contributed by atoms with Gasteiger partial charge >= 0.3 is 0 Å². The standard InChI is InChI=1S/C23H18FN5O4/c1-32-18-7-2-4-13-10-17(21(25)30)23(33-20(13)18)29-28-19-9-8-14(12-26-19)22(31)27-16-6-3-5-15(24)11-16/h2-12H,1H3,(H2,25,30)(H,26,28)(H,27,31). The fraction of sp³-hybridized carbons (Fsp3) is 0.0435. The van der Waals surface area contributed by atoms with Gasteiger partial charge in [0, 0.05) is 17.3 Å². The maximum Gasteiger partial charge on any atom is 0.257 e. The van der Waals surface area contributed by atoms with Gasteiger partial charge in [-0.3, -0.25) is 15.0 Å². The number of ether oxygens (including phenoxy) is 1. The van der Waals surface area contributed by atoms with E-state index in [1.165, 1.54) is 43.6 Å². The van der Waals surface area contributed by atoms with E-state index in [0.717, 1.165) is 0 Å². The van der Waals surface area contributed by atoms with Crippen LogP contribution in [0.4, 0.5) is 15.9 Å². The quantitative estimate of drug-likeness (QED) is 0.389. The van der Waals surface area contributed by atoms with Crippen molar-refractivity contribution in [3.8, 4) is 5.75 Å². The molecule has 0 atom stereocenters. The zero-order valence-corrected chi connectivity index (χ0v) is 17.3. The number of benzene rings is 2. The molecule has 0 saturated carbocycles. The number of para-hydroxylation sites is 1.